The summed E-state index contributed by atoms with van der Waals surface area (Å²) in [6.07, 6.45) is 1.36. The number of carbonyl (C=O) groups excluding carboxylic acids is 1. The van der Waals surface area contributed by atoms with Gasteiger partial charge in [0, 0.05) is 19.7 Å². The summed E-state index contributed by atoms with van der Waals surface area (Å²) in [5, 5.41) is 0. The van der Waals surface area contributed by atoms with Crippen molar-refractivity contribution in [2.45, 2.75) is 6.54 Å². The molecule has 0 aliphatic heterocycles. The number of rotatable bonds is 3. The Kier molecular flexibility index (Phi) is 3.52. The van der Waals surface area contributed by atoms with Gasteiger partial charge in [-0.05, 0) is 6.07 Å². The molecule has 0 bridgehead atoms. The van der Waals surface area contributed by atoms with Crippen molar-refractivity contribution < 1.29 is 13.6 Å². The van der Waals surface area contributed by atoms with Crippen molar-refractivity contribution in [3.8, 4) is 0 Å². The number of isocyanates is 1. The van der Waals surface area contributed by atoms with Crippen LogP contribution in [0.4, 0.5) is 14.5 Å². The second kappa shape index (κ2) is 4.66. The maximum absolute atomic E-state index is 13.4. The standard InChI is InChI=1S/C10H10F2N2O/c1-14(2)10-7(5-13-6-15)3-4-8(11)9(10)12/h3-4H,5H2,1-2H3. The Balaban J connectivity index is 3.26. The third-order valence-corrected chi connectivity index (χ3v) is 1.91. The molecular formula is C10H10F2N2O. The van der Waals surface area contributed by atoms with Crippen LogP contribution in [0, 0.1) is 11.6 Å². The summed E-state index contributed by atoms with van der Waals surface area (Å²) >= 11 is 0. The predicted molar refractivity (Wildman–Crippen MR) is 52.5 cm³/mol. The molecule has 80 valence electrons. The van der Waals surface area contributed by atoms with E-state index >= 15 is 0 Å². The highest BCUT2D eigenvalue weighted by molar-refractivity contribution is 5.54. The Morgan fingerprint density at radius 1 is 1.40 bits per heavy atom. The molecule has 0 aromatic heterocycles. The van der Waals surface area contributed by atoms with Crippen LogP contribution in [0.5, 0.6) is 0 Å². The molecule has 1 rings (SSSR count). The third kappa shape index (κ3) is 2.39. The van der Waals surface area contributed by atoms with Gasteiger partial charge in [-0.25, -0.2) is 18.6 Å². The summed E-state index contributed by atoms with van der Waals surface area (Å²) in [6.45, 7) is -0.00574. The first-order valence-corrected chi connectivity index (χ1v) is 4.25. The van der Waals surface area contributed by atoms with Crippen molar-refractivity contribution in [3.05, 3.63) is 29.3 Å². The van der Waals surface area contributed by atoms with Gasteiger partial charge in [-0.2, -0.15) is 0 Å². The lowest BCUT2D eigenvalue weighted by Crippen LogP contribution is -2.14. The van der Waals surface area contributed by atoms with Gasteiger partial charge in [-0.1, -0.05) is 6.07 Å². The van der Waals surface area contributed by atoms with E-state index in [1.54, 1.807) is 14.1 Å². The summed E-state index contributed by atoms with van der Waals surface area (Å²) in [5.41, 5.74) is 0.552. The highest BCUT2D eigenvalue weighted by atomic mass is 19.2. The average molecular weight is 212 g/mol. The molecule has 15 heavy (non-hydrogen) atoms. The molecule has 5 heteroatoms. The summed E-state index contributed by atoms with van der Waals surface area (Å²) in [7, 11) is 3.18. The van der Waals surface area contributed by atoms with Gasteiger partial charge >= 0.3 is 0 Å². The molecule has 0 aliphatic rings. The zero-order chi connectivity index (χ0) is 11.4. The van der Waals surface area contributed by atoms with Crippen LogP contribution in [-0.2, 0) is 11.3 Å². The number of anilines is 1. The van der Waals surface area contributed by atoms with Gasteiger partial charge in [0.1, 0.15) is 0 Å². The summed E-state index contributed by atoms with van der Waals surface area (Å²) in [6, 6.07) is 2.41. The third-order valence-electron chi connectivity index (χ3n) is 1.91. The number of benzene rings is 1. The van der Waals surface area contributed by atoms with Crippen LogP contribution in [0.2, 0.25) is 0 Å². The SMILES string of the molecule is CN(C)c1c(CN=C=O)ccc(F)c1F. The molecule has 0 N–H and O–H groups in total. The smallest absolute Gasteiger partial charge is 0.235 e. The summed E-state index contributed by atoms with van der Waals surface area (Å²) < 4.78 is 26.3. The second-order valence-corrected chi connectivity index (χ2v) is 3.17. The fraction of sp³-hybridized carbons (Fsp3) is 0.300. The molecule has 0 saturated carbocycles. The lowest BCUT2D eigenvalue weighted by Gasteiger charge is -2.17. The Bertz CT molecular complexity index is 412. The molecule has 0 unspecified atom stereocenters. The van der Waals surface area contributed by atoms with E-state index in [2.05, 4.69) is 4.99 Å². The maximum Gasteiger partial charge on any atom is 0.235 e. The normalized spacial score (nSPS) is 9.60. The van der Waals surface area contributed by atoms with Gasteiger partial charge < -0.3 is 4.90 Å². The molecular weight excluding hydrogens is 202 g/mol. The summed E-state index contributed by atoms with van der Waals surface area (Å²) in [4.78, 5) is 14.7. The average Bonchev–Trinajstić information content (AvgIpc) is 2.19. The fourth-order valence-electron chi connectivity index (χ4n) is 1.31. The summed E-state index contributed by atoms with van der Waals surface area (Å²) in [5.74, 6) is -1.85. The monoisotopic (exact) mass is 212 g/mol. The van der Waals surface area contributed by atoms with Crippen LogP contribution in [0.25, 0.3) is 0 Å². The molecule has 0 fully saturated rings. The minimum Gasteiger partial charge on any atom is -0.375 e. The minimum atomic E-state index is -0.932. The minimum absolute atomic E-state index is 0.00574. The number of halogens is 2. The Morgan fingerprint density at radius 3 is 2.60 bits per heavy atom. The van der Waals surface area contributed by atoms with Crippen LogP contribution in [0.15, 0.2) is 17.1 Å². The molecule has 0 aliphatic carbocycles. The van der Waals surface area contributed by atoms with E-state index in [9.17, 15) is 13.6 Å². The van der Waals surface area contributed by atoms with Crippen molar-refractivity contribution in [2.24, 2.45) is 4.99 Å². The Morgan fingerprint density at radius 2 is 2.07 bits per heavy atom. The number of aliphatic imine (C=N–C) groups is 1. The van der Waals surface area contributed by atoms with E-state index in [1.807, 2.05) is 0 Å². The first-order valence-electron chi connectivity index (χ1n) is 4.25. The molecule has 3 nitrogen and oxygen atoms in total. The maximum atomic E-state index is 13.4. The van der Waals surface area contributed by atoms with Crippen molar-refractivity contribution in [2.75, 3.05) is 19.0 Å². The van der Waals surface area contributed by atoms with Crippen LogP contribution in [-0.4, -0.2) is 20.2 Å². The molecule has 0 heterocycles. The molecule has 1 aromatic rings. The van der Waals surface area contributed by atoms with Crippen molar-refractivity contribution in [1.82, 2.24) is 0 Å². The van der Waals surface area contributed by atoms with Gasteiger partial charge in [0.2, 0.25) is 6.08 Å². The van der Waals surface area contributed by atoms with Crippen LogP contribution in [0.3, 0.4) is 0 Å². The molecule has 0 saturated heterocycles. The van der Waals surface area contributed by atoms with Gasteiger partial charge in [-0.15, -0.1) is 0 Å². The van der Waals surface area contributed by atoms with Gasteiger partial charge in [0.15, 0.2) is 11.6 Å². The quantitative estimate of drug-likeness (QED) is 0.566. The van der Waals surface area contributed by atoms with Crippen LogP contribution in [0.1, 0.15) is 5.56 Å². The van der Waals surface area contributed by atoms with Crippen LogP contribution >= 0.6 is 0 Å². The molecule has 0 atom stereocenters. The molecule has 0 amide bonds. The highest BCUT2D eigenvalue weighted by Crippen LogP contribution is 2.25. The number of nitrogens with zero attached hydrogens (tertiary/aromatic N) is 2. The first kappa shape index (κ1) is 11.3. The first-order chi connectivity index (χ1) is 7.07. The van der Waals surface area contributed by atoms with Gasteiger partial charge in [-0.3, -0.25) is 0 Å². The molecule has 0 spiro atoms. The van der Waals surface area contributed by atoms with Crippen molar-refractivity contribution in [1.29, 1.82) is 0 Å². The van der Waals surface area contributed by atoms with Gasteiger partial charge in [0.05, 0.1) is 12.2 Å². The Labute approximate surface area is 86.0 Å². The largest absolute Gasteiger partial charge is 0.375 e. The van der Waals surface area contributed by atoms with E-state index in [4.69, 9.17) is 0 Å². The predicted octanol–water partition coefficient (Wildman–Crippen LogP) is 1.87. The van der Waals surface area contributed by atoms with Gasteiger partial charge in [0.25, 0.3) is 0 Å². The van der Waals surface area contributed by atoms with E-state index in [1.165, 1.54) is 17.0 Å². The zero-order valence-corrected chi connectivity index (χ0v) is 8.42. The van der Waals surface area contributed by atoms with E-state index in [-0.39, 0.29) is 12.2 Å². The van der Waals surface area contributed by atoms with E-state index < -0.39 is 11.6 Å². The second-order valence-electron chi connectivity index (χ2n) is 3.17. The Hall–Kier alpha value is -1.74. The van der Waals surface area contributed by atoms with Crippen molar-refractivity contribution >= 4 is 11.8 Å². The lowest BCUT2D eigenvalue weighted by molar-refractivity contribution is 0.507. The lowest BCUT2D eigenvalue weighted by atomic mass is 10.1. The van der Waals surface area contributed by atoms with Crippen LogP contribution < -0.4 is 4.90 Å². The molecule has 0 radical (unpaired) electrons. The molecule has 1 aromatic carbocycles. The topological polar surface area (TPSA) is 32.7 Å². The van der Waals surface area contributed by atoms with E-state index in [0.29, 0.717) is 5.56 Å². The highest BCUT2D eigenvalue weighted by Gasteiger charge is 2.14. The number of hydrogen-bond donors (Lipinski definition) is 0. The number of hydrogen-bond acceptors (Lipinski definition) is 3. The van der Waals surface area contributed by atoms with Crippen molar-refractivity contribution in [3.63, 3.8) is 0 Å². The van der Waals surface area contributed by atoms with E-state index in [0.717, 1.165) is 6.07 Å². The fourth-order valence-corrected chi connectivity index (χ4v) is 1.31. The zero-order valence-electron chi connectivity index (χ0n) is 8.42.